The molecule has 1 amide bonds. The number of likely N-dealkylation sites (N-methyl/N-ethyl adjacent to an activating group) is 1. The fraction of sp³-hybridized carbons (Fsp3) is 0.929. The van der Waals surface area contributed by atoms with Gasteiger partial charge < -0.3 is 15.1 Å². The molecular weight excluding hydrogens is 226 g/mol. The van der Waals surface area contributed by atoms with Gasteiger partial charge in [-0.05, 0) is 58.2 Å². The molecule has 2 fully saturated rings. The lowest BCUT2D eigenvalue weighted by Gasteiger charge is -2.31. The Kier molecular flexibility index (Phi) is 5.01. The fourth-order valence-electron chi connectivity index (χ4n) is 3.16. The maximum atomic E-state index is 12.1. The van der Waals surface area contributed by atoms with Crippen LogP contribution in [-0.2, 0) is 4.79 Å². The van der Waals surface area contributed by atoms with Crippen LogP contribution in [0.1, 0.15) is 32.1 Å². The van der Waals surface area contributed by atoms with Gasteiger partial charge >= 0.3 is 0 Å². The lowest BCUT2D eigenvalue weighted by molar-refractivity contribution is -0.131. The predicted octanol–water partition coefficient (Wildman–Crippen LogP) is 0.929. The molecule has 0 bridgehead atoms. The van der Waals surface area contributed by atoms with Gasteiger partial charge in [0, 0.05) is 20.1 Å². The molecule has 2 aliphatic rings. The number of hydrogen-bond acceptors (Lipinski definition) is 3. The number of nitrogens with one attached hydrogen (secondary N) is 1. The minimum absolute atomic E-state index is 0.0871. The van der Waals surface area contributed by atoms with E-state index in [1.807, 2.05) is 11.9 Å². The summed E-state index contributed by atoms with van der Waals surface area (Å²) in [5, 5.41) is 3.28. The Bertz CT molecular complexity index is 276. The van der Waals surface area contributed by atoms with Crippen LogP contribution in [0.4, 0.5) is 0 Å². The summed E-state index contributed by atoms with van der Waals surface area (Å²) in [6, 6.07) is 0.0871. The number of amides is 1. The Hall–Kier alpha value is -0.610. The molecule has 0 aromatic heterocycles. The number of piperidine rings is 1. The highest BCUT2D eigenvalue weighted by Crippen LogP contribution is 2.19. The third-order valence-electron chi connectivity index (χ3n) is 4.33. The van der Waals surface area contributed by atoms with Crippen molar-refractivity contribution in [3.05, 3.63) is 0 Å². The van der Waals surface area contributed by atoms with E-state index in [-0.39, 0.29) is 11.9 Å². The van der Waals surface area contributed by atoms with E-state index in [0.29, 0.717) is 0 Å². The Morgan fingerprint density at radius 1 is 1.39 bits per heavy atom. The summed E-state index contributed by atoms with van der Waals surface area (Å²) in [5.41, 5.74) is 0. The van der Waals surface area contributed by atoms with Gasteiger partial charge in [0.15, 0.2) is 0 Å². The van der Waals surface area contributed by atoms with E-state index in [2.05, 4.69) is 17.3 Å². The van der Waals surface area contributed by atoms with E-state index in [1.54, 1.807) is 0 Å². The van der Waals surface area contributed by atoms with Gasteiger partial charge in [0.2, 0.25) is 5.91 Å². The van der Waals surface area contributed by atoms with Crippen molar-refractivity contribution in [2.75, 3.05) is 40.3 Å². The van der Waals surface area contributed by atoms with E-state index in [9.17, 15) is 4.79 Å². The number of carbonyl (C=O) groups is 1. The Morgan fingerprint density at radius 3 is 2.89 bits per heavy atom. The molecule has 0 radical (unpaired) electrons. The van der Waals surface area contributed by atoms with Gasteiger partial charge in [-0.25, -0.2) is 0 Å². The molecule has 2 saturated heterocycles. The van der Waals surface area contributed by atoms with Crippen LogP contribution in [0.5, 0.6) is 0 Å². The summed E-state index contributed by atoms with van der Waals surface area (Å²) in [5.74, 6) is 1.06. The number of hydrogen-bond donors (Lipinski definition) is 1. The van der Waals surface area contributed by atoms with Crippen LogP contribution in [-0.4, -0.2) is 62.0 Å². The van der Waals surface area contributed by atoms with Gasteiger partial charge in [-0.1, -0.05) is 0 Å². The average Bonchev–Trinajstić information content (AvgIpc) is 2.89. The van der Waals surface area contributed by atoms with Gasteiger partial charge in [0.1, 0.15) is 0 Å². The van der Waals surface area contributed by atoms with Gasteiger partial charge in [-0.3, -0.25) is 4.79 Å². The molecular formula is C14H27N3O. The maximum absolute atomic E-state index is 12.1. The lowest BCUT2D eigenvalue weighted by Crippen LogP contribution is -2.43. The summed E-state index contributed by atoms with van der Waals surface area (Å²) in [7, 11) is 4.15. The summed E-state index contributed by atoms with van der Waals surface area (Å²) >= 11 is 0. The molecule has 18 heavy (non-hydrogen) atoms. The van der Waals surface area contributed by atoms with Crippen molar-refractivity contribution in [2.45, 2.75) is 38.1 Å². The Balaban J connectivity index is 1.70. The van der Waals surface area contributed by atoms with E-state index in [0.717, 1.165) is 38.3 Å². The van der Waals surface area contributed by atoms with Crippen LogP contribution in [0.25, 0.3) is 0 Å². The number of nitrogens with zero attached hydrogens (tertiary/aromatic N) is 2. The van der Waals surface area contributed by atoms with Crippen molar-refractivity contribution in [1.82, 2.24) is 15.1 Å². The first kappa shape index (κ1) is 13.8. The number of likely N-dealkylation sites (tertiary alicyclic amines) is 1. The first-order chi connectivity index (χ1) is 8.66. The molecule has 0 aromatic carbocycles. The summed E-state index contributed by atoms with van der Waals surface area (Å²) in [6.07, 6.45) is 5.93. The lowest BCUT2D eigenvalue weighted by atomic mass is 9.95. The Labute approximate surface area is 111 Å². The maximum Gasteiger partial charge on any atom is 0.239 e. The minimum atomic E-state index is 0.0871. The molecule has 4 heteroatoms. The summed E-state index contributed by atoms with van der Waals surface area (Å²) in [4.78, 5) is 16.5. The van der Waals surface area contributed by atoms with Gasteiger partial charge in [-0.15, -0.1) is 0 Å². The monoisotopic (exact) mass is 253 g/mol. The zero-order valence-electron chi connectivity index (χ0n) is 11.8. The highest BCUT2D eigenvalue weighted by atomic mass is 16.2. The molecule has 104 valence electrons. The van der Waals surface area contributed by atoms with Gasteiger partial charge in [0.25, 0.3) is 0 Å². The zero-order valence-corrected chi connectivity index (χ0v) is 11.8. The Morgan fingerprint density at radius 2 is 2.22 bits per heavy atom. The summed E-state index contributed by atoms with van der Waals surface area (Å²) in [6.45, 7) is 4.34. The quantitative estimate of drug-likeness (QED) is 0.809. The zero-order chi connectivity index (χ0) is 13.0. The molecule has 4 nitrogen and oxygen atoms in total. The van der Waals surface area contributed by atoms with Crippen molar-refractivity contribution < 1.29 is 4.79 Å². The second kappa shape index (κ2) is 6.53. The molecule has 2 heterocycles. The first-order valence-corrected chi connectivity index (χ1v) is 7.33. The molecule has 0 aliphatic carbocycles. The van der Waals surface area contributed by atoms with E-state index >= 15 is 0 Å². The second-order valence-corrected chi connectivity index (χ2v) is 5.97. The van der Waals surface area contributed by atoms with Crippen molar-refractivity contribution in [2.24, 2.45) is 5.92 Å². The standard InChI is InChI=1S/C14H27N3O/c1-16-9-4-5-12(11-16)7-10-17(2)14(18)13-6-3-8-15-13/h12-13,15H,3-11H2,1-2H3. The van der Waals surface area contributed by atoms with Crippen LogP contribution in [0.3, 0.4) is 0 Å². The molecule has 2 rings (SSSR count). The fourth-order valence-corrected chi connectivity index (χ4v) is 3.16. The molecule has 1 N–H and O–H groups in total. The molecule has 0 aromatic rings. The molecule has 2 unspecified atom stereocenters. The highest BCUT2D eigenvalue weighted by molar-refractivity contribution is 5.81. The van der Waals surface area contributed by atoms with Crippen LogP contribution < -0.4 is 5.32 Å². The van der Waals surface area contributed by atoms with E-state index < -0.39 is 0 Å². The second-order valence-electron chi connectivity index (χ2n) is 5.97. The van der Waals surface area contributed by atoms with Crippen molar-refractivity contribution >= 4 is 5.91 Å². The molecule has 2 atom stereocenters. The smallest absolute Gasteiger partial charge is 0.239 e. The number of rotatable bonds is 4. The van der Waals surface area contributed by atoms with Crippen molar-refractivity contribution in [1.29, 1.82) is 0 Å². The topological polar surface area (TPSA) is 35.6 Å². The largest absolute Gasteiger partial charge is 0.344 e. The van der Waals surface area contributed by atoms with Crippen LogP contribution in [0.15, 0.2) is 0 Å². The normalized spacial score (nSPS) is 29.4. The third-order valence-corrected chi connectivity index (χ3v) is 4.33. The number of carbonyl (C=O) groups excluding carboxylic acids is 1. The van der Waals surface area contributed by atoms with E-state index in [4.69, 9.17) is 0 Å². The predicted molar refractivity (Wildman–Crippen MR) is 73.5 cm³/mol. The van der Waals surface area contributed by atoms with Crippen LogP contribution in [0, 0.1) is 5.92 Å². The van der Waals surface area contributed by atoms with Crippen molar-refractivity contribution in [3.63, 3.8) is 0 Å². The molecule has 2 aliphatic heterocycles. The van der Waals surface area contributed by atoms with E-state index in [1.165, 1.54) is 25.9 Å². The average molecular weight is 253 g/mol. The van der Waals surface area contributed by atoms with Gasteiger partial charge in [0.05, 0.1) is 6.04 Å². The van der Waals surface area contributed by atoms with Crippen molar-refractivity contribution in [3.8, 4) is 0 Å². The highest BCUT2D eigenvalue weighted by Gasteiger charge is 2.25. The van der Waals surface area contributed by atoms with Crippen LogP contribution >= 0.6 is 0 Å². The third kappa shape index (κ3) is 3.69. The SMILES string of the molecule is CN1CCCC(CCN(C)C(=O)C2CCCN2)C1. The molecule has 0 spiro atoms. The minimum Gasteiger partial charge on any atom is -0.344 e. The molecule has 0 saturated carbocycles. The van der Waals surface area contributed by atoms with Gasteiger partial charge in [-0.2, -0.15) is 0 Å². The van der Waals surface area contributed by atoms with Crippen LogP contribution in [0.2, 0.25) is 0 Å². The summed E-state index contributed by atoms with van der Waals surface area (Å²) < 4.78 is 0. The first-order valence-electron chi connectivity index (χ1n) is 7.33.